The lowest BCUT2D eigenvalue weighted by Gasteiger charge is -2.53. The summed E-state index contributed by atoms with van der Waals surface area (Å²) in [5, 5.41) is 3.95. The van der Waals surface area contributed by atoms with E-state index < -0.39 is 23.3 Å². The van der Waals surface area contributed by atoms with Gasteiger partial charge in [0.2, 0.25) is 5.91 Å². The summed E-state index contributed by atoms with van der Waals surface area (Å²) in [6.07, 6.45) is 3.42. The van der Waals surface area contributed by atoms with Crippen molar-refractivity contribution >= 4 is 22.9 Å². The normalized spacial score (nSPS) is 25.4. The predicted molar refractivity (Wildman–Crippen MR) is 161 cm³/mol. The lowest BCUT2D eigenvalue weighted by atomic mass is 9.70. The van der Waals surface area contributed by atoms with Crippen LogP contribution in [0, 0.1) is 18.8 Å². The van der Waals surface area contributed by atoms with Crippen LogP contribution in [0.5, 0.6) is 5.75 Å². The summed E-state index contributed by atoms with van der Waals surface area (Å²) >= 11 is 0. The first-order valence-electron chi connectivity index (χ1n) is 15.2. The number of hydrogen-bond acceptors (Lipinski definition) is 5. The summed E-state index contributed by atoms with van der Waals surface area (Å²) < 4.78 is 18.9. The van der Waals surface area contributed by atoms with E-state index in [2.05, 4.69) is 49.3 Å². The van der Waals surface area contributed by atoms with Crippen LogP contribution >= 0.6 is 0 Å². The van der Waals surface area contributed by atoms with Gasteiger partial charge < -0.3 is 29.4 Å². The van der Waals surface area contributed by atoms with E-state index in [0.717, 1.165) is 40.6 Å². The van der Waals surface area contributed by atoms with Crippen molar-refractivity contribution in [3.05, 3.63) is 65.4 Å². The van der Waals surface area contributed by atoms with E-state index in [1.54, 1.807) is 0 Å². The van der Waals surface area contributed by atoms with Gasteiger partial charge in [0.1, 0.15) is 23.0 Å². The average Bonchev–Trinajstić information content (AvgIpc) is 3.32. The fourth-order valence-electron chi connectivity index (χ4n) is 7.00. The van der Waals surface area contributed by atoms with Gasteiger partial charge in [0.15, 0.2) is 0 Å². The second kappa shape index (κ2) is 10.6. The van der Waals surface area contributed by atoms with Crippen molar-refractivity contribution in [1.82, 2.24) is 15.2 Å². The zero-order chi connectivity index (χ0) is 29.8. The number of alkyl carbamates (subject to hydrolysis) is 1. The summed E-state index contributed by atoms with van der Waals surface area (Å²) in [5.41, 5.74) is 3.22. The number of rotatable bonds is 4. The maximum absolute atomic E-state index is 14.1. The van der Waals surface area contributed by atoms with Crippen LogP contribution in [0.4, 0.5) is 4.79 Å². The van der Waals surface area contributed by atoms with Crippen molar-refractivity contribution in [1.29, 1.82) is 0 Å². The van der Waals surface area contributed by atoms with Crippen LogP contribution in [0.1, 0.15) is 70.3 Å². The topological polar surface area (TPSA) is 92.9 Å². The van der Waals surface area contributed by atoms with Gasteiger partial charge in [-0.2, -0.15) is 0 Å². The van der Waals surface area contributed by atoms with Crippen LogP contribution in [-0.4, -0.2) is 58.3 Å². The molecule has 1 aromatic heterocycles. The molecule has 0 aliphatic carbocycles. The number of aromatic amines is 1. The highest BCUT2D eigenvalue weighted by Crippen LogP contribution is 2.53. The van der Waals surface area contributed by atoms with E-state index in [0.29, 0.717) is 19.5 Å². The Balaban J connectivity index is 1.21. The molecular weight excluding hydrogens is 530 g/mol. The minimum absolute atomic E-state index is 0.0173. The van der Waals surface area contributed by atoms with E-state index in [9.17, 15) is 9.59 Å². The number of carbonyl (C=O) groups is 2. The van der Waals surface area contributed by atoms with Gasteiger partial charge in [0, 0.05) is 54.0 Å². The molecule has 2 saturated heterocycles. The smallest absolute Gasteiger partial charge is 0.408 e. The van der Waals surface area contributed by atoms with Gasteiger partial charge in [-0.1, -0.05) is 30.3 Å². The molecule has 2 aromatic carbocycles. The number of nitrogens with zero attached hydrogens (tertiary/aromatic N) is 1. The molecule has 4 heterocycles. The second-order valence-electron chi connectivity index (χ2n) is 13.8. The first-order chi connectivity index (χ1) is 19.9. The van der Waals surface area contributed by atoms with E-state index in [1.807, 2.05) is 56.1 Å². The highest BCUT2D eigenvalue weighted by molar-refractivity contribution is 5.88. The van der Waals surface area contributed by atoms with E-state index in [4.69, 9.17) is 14.2 Å². The van der Waals surface area contributed by atoms with E-state index in [-0.39, 0.29) is 30.0 Å². The molecule has 224 valence electrons. The molecule has 2 amide bonds. The van der Waals surface area contributed by atoms with E-state index >= 15 is 0 Å². The molecule has 0 bridgehead atoms. The van der Waals surface area contributed by atoms with Crippen molar-refractivity contribution in [2.75, 3.05) is 13.1 Å². The molecule has 0 radical (unpaired) electrons. The predicted octanol–water partition coefficient (Wildman–Crippen LogP) is 6.08. The number of fused-ring (bicyclic) bond motifs is 5. The molecule has 3 aromatic rings. The number of ether oxygens (including phenoxy) is 3. The average molecular weight is 574 g/mol. The fourth-order valence-corrected chi connectivity index (χ4v) is 7.00. The molecule has 5 atom stereocenters. The van der Waals surface area contributed by atoms with Crippen molar-refractivity contribution < 1.29 is 23.8 Å². The number of benzene rings is 2. The molecule has 2 N–H and O–H groups in total. The lowest BCUT2D eigenvalue weighted by molar-refractivity contribution is -0.189. The largest absolute Gasteiger partial charge is 0.487 e. The number of aryl methyl sites for hydroxylation is 1. The Morgan fingerprint density at radius 1 is 1.19 bits per heavy atom. The Morgan fingerprint density at radius 2 is 1.98 bits per heavy atom. The number of likely N-dealkylation sites (tertiary alicyclic amines) is 1. The number of amides is 2. The lowest BCUT2D eigenvalue weighted by Crippen LogP contribution is -2.58. The highest BCUT2D eigenvalue weighted by Gasteiger charge is 2.51. The summed E-state index contributed by atoms with van der Waals surface area (Å²) in [6, 6.07) is 13.6. The van der Waals surface area contributed by atoms with E-state index in [1.165, 1.54) is 5.56 Å². The van der Waals surface area contributed by atoms with Gasteiger partial charge in [0.05, 0.1) is 12.2 Å². The number of nitrogens with one attached hydrogen (secondary N) is 2. The molecule has 3 aliphatic rings. The molecule has 0 unspecified atom stereocenters. The third-order valence-corrected chi connectivity index (χ3v) is 9.05. The van der Waals surface area contributed by atoms with Crippen LogP contribution in [0.15, 0.2) is 48.7 Å². The van der Waals surface area contributed by atoms with Crippen LogP contribution in [0.25, 0.3) is 10.9 Å². The Kier molecular flexibility index (Phi) is 7.24. The van der Waals surface area contributed by atoms with Gasteiger partial charge in [0.25, 0.3) is 0 Å². The van der Waals surface area contributed by atoms with Gasteiger partial charge >= 0.3 is 6.09 Å². The minimum atomic E-state index is -0.752. The number of H-pyrrole nitrogens is 1. The van der Waals surface area contributed by atoms with Crippen LogP contribution < -0.4 is 10.1 Å². The Labute approximate surface area is 248 Å². The highest BCUT2D eigenvalue weighted by atomic mass is 16.6. The zero-order valence-electron chi connectivity index (χ0n) is 25.5. The minimum Gasteiger partial charge on any atom is -0.487 e. The van der Waals surface area contributed by atoms with Crippen LogP contribution in [0.3, 0.4) is 0 Å². The molecule has 3 aliphatic heterocycles. The number of carbonyl (C=O) groups excluding carboxylic acids is 2. The Morgan fingerprint density at radius 3 is 2.76 bits per heavy atom. The maximum atomic E-state index is 14.1. The summed E-state index contributed by atoms with van der Waals surface area (Å²) in [7, 11) is 0. The molecule has 6 rings (SSSR count). The number of hydrogen-bond donors (Lipinski definition) is 2. The monoisotopic (exact) mass is 573 g/mol. The van der Waals surface area contributed by atoms with Crippen LogP contribution in [-0.2, 0) is 20.7 Å². The quantitative estimate of drug-likeness (QED) is 0.395. The van der Waals surface area contributed by atoms with Crippen molar-refractivity contribution in [2.45, 2.75) is 90.3 Å². The van der Waals surface area contributed by atoms with Gasteiger partial charge in [-0.05, 0) is 77.6 Å². The summed E-state index contributed by atoms with van der Waals surface area (Å²) in [5.74, 6) is 1.19. The standard InChI is InChI=1S/C34H43N3O5/c1-20-11-12-24-29(15-20)41-34(5,6)25-16-22-19-37(14-13-28(22)40-30(24)25)31(38)27(36-32(39)42-33(2,3)4)17-21-18-35-26-10-8-7-9-23(21)26/h7-12,15,18,22,25,27-28,30,35H,13-14,16-17,19H2,1-6H3,(H,36,39)/t22-,25+,27+,28+,30-/m1/s1. The molecular formula is C34H43N3O5. The van der Waals surface area contributed by atoms with Gasteiger partial charge in [-0.15, -0.1) is 0 Å². The van der Waals surface area contributed by atoms with Gasteiger partial charge in [-0.25, -0.2) is 4.79 Å². The fraction of sp³-hybridized carbons (Fsp3) is 0.529. The Bertz CT molecular complexity index is 1490. The summed E-state index contributed by atoms with van der Waals surface area (Å²) in [6.45, 7) is 13.0. The summed E-state index contributed by atoms with van der Waals surface area (Å²) in [4.78, 5) is 32.2. The van der Waals surface area contributed by atoms with Crippen LogP contribution in [0.2, 0.25) is 0 Å². The van der Waals surface area contributed by atoms with Crippen molar-refractivity contribution in [2.24, 2.45) is 11.8 Å². The number of para-hydroxylation sites is 1. The number of aromatic nitrogens is 1. The molecule has 8 nitrogen and oxygen atoms in total. The van der Waals surface area contributed by atoms with Crippen molar-refractivity contribution in [3.8, 4) is 5.75 Å². The molecule has 8 heteroatoms. The number of piperidine rings is 1. The van der Waals surface area contributed by atoms with Crippen molar-refractivity contribution in [3.63, 3.8) is 0 Å². The molecule has 0 spiro atoms. The SMILES string of the molecule is Cc1ccc2c(c1)OC(C)(C)[C@H]1C[C@@H]3CN(C(=O)[C@H](Cc4c[nH]c5ccccc45)NC(=O)OC(C)(C)C)CC[C@@H]3O[C@H]21. The second-order valence-corrected chi connectivity index (χ2v) is 13.8. The first kappa shape index (κ1) is 28.6. The molecule has 2 fully saturated rings. The third-order valence-electron chi connectivity index (χ3n) is 9.05. The third kappa shape index (κ3) is 5.61. The first-order valence-corrected chi connectivity index (χ1v) is 15.2. The molecule has 0 saturated carbocycles. The zero-order valence-corrected chi connectivity index (χ0v) is 25.5. The molecule has 42 heavy (non-hydrogen) atoms. The maximum Gasteiger partial charge on any atom is 0.408 e. The Hall–Kier alpha value is -3.52. The van der Waals surface area contributed by atoms with Gasteiger partial charge in [-0.3, -0.25) is 4.79 Å².